The van der Waals surface area contributed by atoms with Crippen LogP contribution in [0.1, 0.15) is 59.3 Å². The maximum atomic E-state index is 10.2. The van der Waals surface area contributed by atoms with Crippen molar-refractivity contribution in [2.45, 2.75) is 59.3 Å². The Labute approximate surface area is 145 Å². The fourth-order valence-electron chi connectivity index (χ4n) is 0.919. The van der Waals surface area contributed by atoms with Crippen molar-refractivity contribution >= 4 is 35.3 Å². The van der Waals surface area contributed by atoms with E-state index in [0.717, 1.165) is 19.3 Å². The standard InChI is InChI=1S/3C5H10O2.Al/c3*1-3-4-5(6)7-2;/h3*3-4H2,1-2H3;. The molecule has 0 unspecified atom stereocenters. The van der Waals surface area contributed by atoms with Crippen LogP contribution in [0.25, 0.3) is 0 Å². The van der Waals surface area contributed by atoms with Crippen molar-refractivity contribution in [1.29, 1.82) is 0 Å². The third-order valence-electron chi connectivity index (χ3n) is 2.05. The minimum Gasteiger partial charge on any atom is -0.469 e. The second-order valence-electron chi connectivity index (χ2n) is 3.98. The highest BCUT2D eigenvalue weighted by molar-refractivity contribution is 5.75. The minimum absolute atomic E-state index is 0. The smallest absolute Gasteiger partial charge is 0.305 e. The van der Waals surface area contributed by atoms with Gasteiger partial charge in [-0.25, -0.2) is 0 Å². The quantitative estimate of drug-likeness (QED) is 0.422. The molecular weight excluding hydrogens is 303 g/mol. The van der Waals surface area contributed by atoms with E-state index in [9.17, 15) is 14.4 Å². The van der Waals surface area contributed by atoms with E-state index in [1.807, 2.05) is 20.8 Å². The van der Waals surface area contributed by atoms with Gasteiger partial charge in [-0.3, -0.25) is 14.4 Å². The molecule has 22 heavy (non-hydrogen) atoms. The lowest BCUT2D eigenvalue weighted by molar-refractivity contribution is -0.141. The Balaban J connectivity index is -0.000000108. The summed E-state index contributed by atoms with van der Waals surface area (Å²) in [7, 11) is 4.20. The Hall–Kier alpha value is -1.06. The van der Waals surface area contributed by atoms with E-state index in [4.69, 9.17) is 0 Å². The van der Waals surface area contributed by atoms with E-state index >= 15 is 0 Å². The van der Waals surface area contributed by atoms with E-state index in [-0.39, 0.29) is 35.3 Å². The van der Waals surface area contributed by atoms with Gasteiger partial charge < -0.3 is 14.2 Å². The number of carbonyl (C=O) groups excluding carboxylic acids is 3. The van der Waals surface area contributed by atoms with Gasteiger partial charge in [0.2, 0.25) is 0 Å². The molecule has 0 amide bonds. The van der Waals surface area contributed by atoms with Crippen LogP contribution < -0.4 is 0 Å². The van der Waals surface area contributed by atoms with Gasteiger partial charge in [0.1, 0.15) is 0 Å². The van der Waals surface area contributed by atoms with Crippen molar-refractivity contribution in [1.82, 2.24) is 0 Å². The molecule has 0 spiro atoms. The highest BCUT2D eigenvalue weighted by Gasteiger charge is 1.93. The Morgan fingerprint density at radius 1 is 0.591 bits per heavy atom. The number of carbonyl (C=O) groups is 3. The Bertz CT molecular complexity index is 226. The largest absolute Gasteiger partial charge is 0.469 e. The summed E-state index contributed by atoms with van der Waals surface area (Å²) in [4.78, 5) is 30.6. The van der Waals surface area contributed by atoms with Gasteiger partial charge in [-0.2, -0.15) is 0 Å². The Morgan fingerprint density at radius 2 is 0.773 bits per heavy atom. The monoisotopic (exact) mass is 333 g/mol. The molecule has 129 valence electrons. The molecular formula is C15H30AlO6. The number of esters is 3. The highest BCUT2D eigenvalue weighted by atomic mass is 27.0. The van der Waals surface area contributed by atoms with Crippen LogP contribution in [-0.2, 0) is 28.6 Å². The van der Waals surface area contributed by atoms with E-state index < -0.39 is 0 Å². The second kappa shape index (κ2) is 24.9. The van der Waals surface area contributed by atoms with Crippen LogP contribution in [0.3, 0.4) is 0 Å². The number of hydrogen-bond acceptors (Lipinski definition) is 6. The van der Waals surface area contributed by atoms with Crippen molar-refractivity contribution in [3.8, 4) is 0 Å². The lowest BCUT2D eigenvalue weighted by Crippen LogP contribution is -1.97. The van der Waals surface area contributed by atoms with Gasteiger partial charge in [0.25, 0.3) is 0 Å². The molecule has 3 radical (unpaired) electrons. The van der Waals surface area contributed by atoms with Crippen molar-refractivity contribution in [3.63, 3.8) is 0 Å². The number of hydrogen-bond donors (Lipinski definition) is 0. The highest BCUT2D eigenvalue weighted by Crippen LogP contribution is 1.88. The first-order valence-electron chi connectivity index (χ1n) is 7.13. The molecule has 0 N–H and O–H groups in total. The first-order chi connectivity index (χ1) is 9.92. The summed E-state index contributed by atoms with van der Waals surface area (Å²) in [6, 6.07) is 0. The predicted octanol–water partition coefficient (Wildman–Crippen LogP) is 2.50. The van der Waals surface area contributed by atoms with Crippen molar-refractivity contribution in [2.24, 2.45) is 0 Å². The molecule has 0 saturated heterocycles. The molecule has 0 aromatic rings. The summed E-state index contributed by atoms with van der Waals surface area (Å²) < 4.78 is 13.1. The molecule has 0 atom stereocenters. The van der Waals surface area contributed by atoms with Crippen LogP contribution in [0.15, 0.2) is 0 Å². The minimum atomic E-state index is -0.123. The Kier molecular flexibility index (Phi) is 32.9. The summed E-state index contributed by atoms with van der Waals surface area (Å²) >= 11 is 0. The Morgan fingerprint density at radius 3 is 0.818 bits per heavy atom. The average molecular weight is 333 g/mol. The maximum absolute atomic E-state index is 10.2. The summed E-state index contributed by atoms with van der Waals surface area (Å²) in [6.07, 6.45) is 4.22. The van der Waals surface area contributed by atoms with Gasteiger partial charge in [0.15, 0.2) is 0 Å². The molecule has 0 aromatic carbocycles. The van der Waals surface area contributed by atoms with Crippen LogP contribution >= 0.6 is 0 Å². The molecule has 0 aromatic heterocycles. The number of ether oxygens (including phenoxy) is 3. The summed E-state index contributed by atoms with van der Waals surface area (Å²) in [5.74, 6) is -0.368. The molecule has 0 aliphatic rings. The molecule has 0 rings (SSSR count). The topological polar surface area (TPSA) is 78.9 Å². The fraction of sp³-hybridized carbons (Fsp3) is 0.800. The van der Waals surface area contributed by atoms with Gasteiger partial charge in [-0.1, -0.05) is 20.8 Å². The van der Waals surface area contributed by atoms with Gasteiger partial charge in [-0.05, 0) is 19.3 Å². The van der Waals surface area contributed by atoms with E-state index in [2.05, 4.69) is 14.2 Å². The predicted molar refractivity (Wildman–Crippen MR) is 86.5 cm³/mol. The SMILES string of the molecule is CCCC(=O)OC.CCCC(=O)OC.CCCC(=O)OC.[Al]. The zero-order valence-corrected chi connectivity index (χ0v) is 15.9. The first-order valence-corrected chi connectivity index (χ1v) is 7.13. The van der Waals surface area contributed by atoms with Gasteiger partial charge in [0.05, 0.1) is 21.3 Å². The van der Waals surface area contributed by atoms with E-state index in [1.54, 1.807) is 0 Å². The van der Waals surface area contributed by atoms with Crippen LogP contribution in [-0.4, -0.2) is 56.6 Å². The third-order valence-corrected chi connectivity index (χ3v) is 2.05. The lowest BCUT2D eigenvalue weighted by atomic mass is 10.3. The molecule has 0 heterocycles. The van der Waals surface area contributed by atoms with Crippen LogP contribution in [0.2, 0.25) is 0 Å². The van der Waals surface area contributed by atoms with E-state index in [1.165, 1.54) is 21.3 Å². The number of rotatable bonds is 6. The average Bonchev–Trinajstić information content (AvgIpc) is 2.49. The zero-order chi connectivity index (χ0) is 17.1. The number of methoxy groups -OCH3 is 3. The van der Waals surface area contributed by atoms with Gasteiger partial charge in [0, 0.05) is 36.6 Å². The molecule has 0 aliphatic heterocycles. The van der Waals surface area contributed by atoms with E-state index in [0.29, 0.717) is 19.3 Å². The first kappa shape index (κ1) is 29.0. The zero-order valence-electron chi connectivity index (χ0n) is 14.8. The third kappa shape index (κ3) is 31.4. The molecule has 0 fully saturated rings. The van der Waals surface area contributed by atoms with Crippen LogP contribution in [0.5, 0.6) is 0 Å². The molecule has 0 aliphatic carbocycles. The fourth-order valence-corrected chi connectivity index (χ4v) is 0.919. The summed E-state index contributed by atoms with van der Waals surface area (Å²) in [5.41, 5.74) is 0. The van der Waals surface area contributed by atoms with Crippen molar-refractivity contribution < 1.29 is 28.6 Å². The van der Waals surface area contributed by atoms with Crippen LogP contribution in [0.4, 0.5) is 0 Å². The molecule has 0 saturated carbocycles. The molecule has 0 bridgehead atoms. The summed E-state index contributed by atoms with van der Waals surface area (Å²) in [6.45, 7) is 5.82. The molecule has 6 nitrogen and oxygen atoms in total. The molecule has 7 heteroatoms. The van der Waals surface area contributed by atoms with Crippen molar-refractivity contribution in [3.05, 3.63) is 0 Å². The lowest BCUT2D eigenvalue weighted by Gasteiger charge is -1.91. The van der Waals surface area contributed by atoms with Crippen molar-refractivity contribution in [2.75, 3.05) is 21.3 Å². The van der Waals surface area contributed by atoms with Gasteiger partial charge >= 0.3 is 17.9 Å². The maximum Gasteiger partial charge on any atom is 0.305 e. The normalized spacial score (nSPS) is 7.91. The summed E-state index contributed by atoms with van der Waals surface area (Å²) in [5, 5.41) is 0. The second-order valence-corrected chi connectivity index (χ2v) is 3.98. The van der Waals surface area contributed by atoms with Crippen LogP contribution in [0, 0.1) is 0 Å². The van der Waals surface area contributed by atoms with Gasteiger partial charge in [-0.15, -0.1) is 0 Å².